The van der Waals surface area contributed by atoms with Gasteiger partial charge in [-0.25, -0.2) is 0 Å². The van der Waals surface area contributed by atoms with Crippen LogP contribution >= 0.6 is 0 Å². The Balaban J connectivity index is 1.70. The van der Waals surface area contributed by atoms with Crippen molar-refractivity contribution in [3.8, 4) is 11.5 Å². The van der Waals surface area contributed by atoms with Gasteiger partial charge in [-0.15, -0.1) is 0 Å². The highest BCUT2D eigenvalue weighted by atomic mass is 16.5. The Morgan fingerprint density at radius 1 is 1.10 bits per heavy atom. The number of nitrogens with one attached hydrogen (secondary N) is 1. The zero-order valence-electron chi connectivity index (χ0n) is 17.0. The van der Waals surface area contributed by atoms with Gasteiger partial charge < -0.3 is 24.1 Å². The highest BCUT2D eigenvalue weighted by molar-refractivity contribution is 5.96. The molecule has 1 atom stereocenters. The Labute approximate surface area is 174 Å². The van der Waals surface area contributed by atoms with Gasteiger partial charge in [0.25, 0.3) is 11.5 Å². The highest BCUT2D eigenvalue weighted by Gasteiger charge is 2.29. The molecule has 4 rings (SSSR count). The number of anilines is 1. The zero-order chi connectivity index (χ0) is 21.1. The molecule has 0 unspecified atom stereocenters. The summed E-state index contributed by atoms with van der Waals surface area (Å²) in [5.74, 6) is 1.21. The topological polar surface area (TPSA) is 80.9 Å². The van der Waals surface area contributed by atoms with Crippen LogP contribution in [0.1, 0.15) is 18.4 Å². The summed E-state index contributed by atoms with van der Waals surface area (Å²) in [7, 11) is 3.17. The number of aromatic amines is 1. The van der Waals surface area contributed by atoms with Gasteiger partial charge >= 0.3 is 0 Å². The Kier molecular flexibility index (Phi) is 5.72. The first-order chi connectivity index (χ1) is 14.6. The molecule has 2 aromatic carbocycles. The van der Waals surface area contributed by atoms with Crippen molar-refractivity contribution in [1.29, 1.82) is 0 Å². The van der Waals surface area contributed by atoms with Crippen LogP contribution in [0.15, 0.2) is 53.3 Å². The molecule has 0 radical (unpaired) electrons. The third-order valence-electron chi connectivity index (χ3n) is 5.31. The van der Waals surface area contributed by atoms with E-state index in [1.807, 2.05) is 30.3 Å². The lowest BCUT2D eigenvalue weighted by molar-refractivity contribution is -0.127. The molecule has 0 saturated carbocycles. The summed E-state index contributed by atoms with van der Waals surface area (Å²) in [6.45, 7) is 0.716. The lowest BCUT2D eigenvalue weighted by atomic mass is 10.1. The van der Waals surface area contributed by atoms with Crippen molar-refractivity contribution in [3.63, 3.8) is 0 Å². The van der Waals surface area contributed by atoms with Gasteiger partial charge in [-0.2, -0.15) is 0 Å². The maximum atomic E-state index is 13.2. The number of ether oxygens (including phenoxy) is 3. The van der Waals surface area contributed by atoms with Gasteiger partial charge in [0, 0.05) is 23.9 Å². The molecule has 3 aromatic rings. The molecule has 30 heavy (non-hydrogen) atoms. The van der Waals surface area contributed by atoms with E-state index in [2.05, 4.69) is 4.98 Å². The van der Waals surface area contributed by atoms with Crippen molar-refractivity contribution in [2.24, 2.45) is 0 Å². The van der Waals surface area contributed by atoms with E-state index in [4.69, 9.17) is 14.2 Å². The van der Waals surface area contributed by atoms with E-state index in [-0.39, 0.29) is 18.0 Å². The molecule has 0 bridgehead atoms. The number of rotatable bonds is 6. The number of hydrogen-bond donors (Lipinski definition) is 1. The van der Waals surface area contributed by atoms with Gasteiger partial charge in [0.15, 0.2) is 0 Å². The quantitative estimate of drug-likeness (QED) is 0.677. The predicted molar refractivity (Wildman–Crippen MR) is 114 cm³/mol. The zero-order valence-corrected chi connectivity index (χ0v) is 17.0. The molecule has 7 heteroatoms. The Hall–Kier alpha value is -3.32. The van der Waals surface area contributed by atoms with E-state index in [0.29, 0.717) is 41.3 Å². The maximum Gasteiger partial charge on any atom is 0.256 e. The average molecular weight is 408 g/mol. The van der Waals surface area contributed by atoms with Crippen molar-refractivity contribution in [2.75, 3.05) is 25.7 Å². The summed E-state index contributed by atoms with van der Waals surface area (Å²) in [5.41, 5.74) is 1.62. The monoisotopic (exact) mass is 408 g/mol. The van der Waals surface area contributed by atoms with Gasteiger partial charge in [0.1, 0.15) is 17.6 Å². The predicted octanol–water partition coefficient (Wildman–Crippen LogP) is 3.26. The van der Waals surface area contributed by atoms with Gasteiger partial charge in [-0.3, -0.25) is 9.59 Å². The summed E-state index contributed by atoms with van der Waals surface area (Å²) >= 11 is 0. The summed E-state index contributed by atoms with van der Waals surface area (Å²) in [5, 5.41) is 0.865. The van der Waals surface area contributed by atoms with E-state index >= 15 is 0 Å². The number of hydrogen-bond acceptors (Lipinski definition) is 5. The van der Waals surface area contributed by atoms with Crippen molar-refractivity contribution in [1.82, 2.24) is 4.98 Å². The molecule has 0 aliphatic carbocycles. The number of methoxy groups -OCH3 is 2. The number of carbonyl (C=O) groups excluding carboxylic acids is 1. The van der Waals surface area contributed by atoms with Crippen molar-refractivity contribution in [2.45, 2.75) is 25.5 Å². The van der Waals surface area contributed by atoms with Gasteiger partial charge in [0.05, 0.1) is 26.3 Å². The van der Waals surface area contributed by atoms with E-state index in [0.717, 1.165) is 11.8 Å². The molecular formula is C23H24N2O5. The summed E-state index contributed by atoms with van der Waals surface area (Å²) in [6.07, 6.45) is 1.04. The fourth-order valence-corrected chi connectivity index (χ4v) is 3.64. The average Bonchev–Trinajstić information content (AvgIpc) is 3.32. The minimum atomic E-state index is -0.490. The van der Waals surface area contributed by atoms with Crippen LogP contribution < -0.4 is 19.9 Å². The van der Waals surface area contributed by atoms with Crippen molar-refractivity contribution < 1.29 is 19.0 Å². The summed E-state index contributed by atoms with van der Waals surface area (Å²) in [4.78, 5) is 30.5. The largest absolute Gasteiger partial charge is 0.497 e. The molecule has 0 spiro atoms. The molecular weight excluding hydrogens is 384 g/mol. The number of carbonyl (C=O) groups is 1. The lowest BCUT2D eigenvalue weighted by Crippen LogP contribution is -2.39. The molecule has 1 aromatic heterocycles. The first kappa shape index (κ1) is 20.0. The fraction of sp³-hybridized carbons (Fsp3) is 0.304. The lowest BCUT2D eigenvalue weighted by Gasteiger charge is -2.25. The van der Waals surface area contributed by atoms with Crippen LogP contribution in [-0.2, 0) is 16.1 Å². The molecule has 1 N–H and O–H groups in total. The van der Waals surface area contributed by atoms with E-state index in [9.17, 15) is 9.59 Å². The number of amides is 1. The van der Waals surface area contributed by atoms with Gasteiger partial charge in [-0.05, 0) is 60.7 Å². The number of H-pyrrole nitrogens is 1. The van der Waals surface area contributed by atoms with Crippen molar-refractivity contribution >= 4 is 22.5 Å². The van der Waals surface area contributed by atoms with Gasteiger partial charge in [-0.1, -0.05) is 0 Å². The SMILES string of the molecule is COc1ccc(N(Cc2cc3ccc(OC)cc3[nH]c2=O)C(=O)[C@@H]2CCCO2)cc1. The molecule has 156 valence electrons. The second-order valence-corrected chi connectivity index (χ2v) is 7.20. The van der Waals surface area contributed by atoms with Crippen LogP contribution in [0.25, 0.3) is 10.9 Å². The number of aromatic nitrogens is 1. The molecule has 1 amide bonds. The van der Waals surface area contributed by atoms with E-state index in [1.165, 1.54) is 0 Å². The molecule has 1 fully saturated rings. The number of fused-ring (bicyclic) bond motifs is 1. The summed E-state index contributed by atoms with van der Waals surface area (Å²) in [6, 6.07) is 14.5. The van der Waals surface area contributed by atoms with Crippen LogP contribution in [0.3, 0.4) is 0 Å². The smallest absolute Gasteiger partial charge is 0.256 e. The van der Waals surface area contributed by atoms with E-state index in [1.54, 1.807) is 37.3 Å². The van der Waals surface area contributed by atoms with Gasteiger partial charge in [0.2, 0.25) is 0 Å². The number of benzene rings is 2. The van der Waals surface area contributed by atoms with Crippen LogP contribution in [0.5, 0.6) is 11.5 Å². The second-order valence-electron chi connectivity index (χ2n) is 7.20. The number of nitrogens with zero attached hydrogens (tertiary/aromatic N) is 1. The highest BCUT2D eigenvalue weighted by Crippen LogP contribution is 2.25. The number of pyridine rings is 1. The standard InChI is InChI=1S/C23H24N2O5/c1-28-18-9-6-17(7-10-18)25(23(27)21-4-3-11-30-21)14-16-12-15-5-8-19(29-2)13-20(15)24-22(16)26/h5-10,12-13,21H,3-4,11,14H2,1-2H3,(H,24,26)/t21-/m0/s1. The minimum Gasteiger partial charge on any atom is -0.497 e. The second kappa shape index (κ2) is 8.59. The Bertz CT molecular complexity index is 1100. The molecule has 1 aliphatic rings. The normalized spacial score (nSPS) is 15.9. The van der Waals surface area contributed by atoms with Crippen LogP contribution in [0, 0.1) is 0 Å². The molecule has 2 heterocycles. The molecule has 1 aliphatic heterocycles. The first-order valence-electron chi connectivity index (χ1n) is 9.86. The third kappa shape index (κ3) is 4.02. The summed E-state index contributed by atoms with van der Waals surface area (Å²) < 4.78 is 16.1. The maximum absolute atomic E-state index is 13.2. The fourth-order valence-electron chi connectivity index (χ4n) is 3.64. The Morgan fingerprint density at radius 2 is 1.83 bits per heavy atom. The van der Waals surface area contributed by atoms with Crippen molar-refractivity contribution in [3.05, 3.63) is 64.4 Å². The Morgan fingerprint density at radius 3 is 2.50 bits per heavy atom. The van der Waals surface area contributed by atoms with E-state index < -0.39 is 6.10 Å². The first-order valence-corrected chi connectivity index (χ1v) is 9.86. The van der Waals surface area contributed by atoms with Crippen LogP contribution in [0.4, 0.5) is 5.69 Å². The molecule has 1 saturated heterocycles. The third-order valence-corrected chi connectivity index (χ3v) is 5.31. The van der Waals surface area contributed by atoms with Crippen LogP contribution in [-0.4, -0.2) is 37.8 Å². The molecule has 7 nitrogen and oxygen atoms in total. The minimum absolute atomic E-state index is 0.141. The van der Waals surface area contributed by atoms with Crippen LogP contribution in [0.2, 0.25) is 0 Å².